The zero-order valence-corrected chi connectivity index (χ0v) is 6.58. The third-order valence-corrected chi connectivity index (χ3v) is 1.39. The fraction of sp³-hybridized carbons (Fsp3) is 0.250. The molecule has 0 spiro atoms. The van der Waals surface area contributed by atoms with E-state index >= 15 is 0 Å². The second kappa shape index (κ2) is 3.93. The van der Waals surface area contributed by atoms with E-state index < -0.39 is 18.8 Å². The van der Waals surface area contributed by atoms with Crippen molar-refractivity contribution in [3.05, 3.63) is 29.6 Å². The van der Waals surface area contributed by atoms with E-state index in [4.69, 9.17) is 5.11 Å². The standard InChI is InChI=1S/C8H7F2NO2/c9-7(10)4-5-2-1-3-6(11-5)8(12)13/h1-3,7H,4H2,(H,12,13). The lowest BCUT2D eigenvalue weighted by Crippen LogP contribution is -2.05. The van der Waals surface area contributed by atoms with Gasteiger partial charge in [-0.1, -0.05) is 6.07 Å². The highest BCUT2D eigenvalue weighted by atomic mass is 19.3. The van der Waals surface area contributed by atoms with Crippen LogP contribution >= 0.6 is 0 Å². The smallest absolute Gasteiger partial charge is 0.354 e. The summed E-state index contributed by atoms with van der Waals surface area (Å²) in [7, 11) is 0. The number of carbonyl (C=O) groups is 1. The molecule has 3 nitrogen and oxygen atoms in total. The van der Waals surface area contributed by atoms with Crippen molar-refractivity contribution >= 4 is 5.97 Å². The van der Waals surface area contributed by atoms with Crippen LogP contribution in [0.15, 0.2) is 18.2 Å². The van der Waals surface area contributed by atoms with Gasteiger partial charge in [-0.3, -0.25) is 0 Å². The molecule has 5 heteroatoms. The summed E-state index contributed by atoms with van der Waals surface area (Å²) < 4.78 is 23.7. The lowest BCUT2D eigenvalue weighted by Gasteiger charge is -1.99. The summed E-state index contributed by atoms with van der Waals surface area (Å²) in [4.78, 5) is 13.9. The molecule has 0 fully saturated rings. The van der Waals surface area contributed by atoms with Gasteiger partial charge in [0.2, 0.25) is 6.43 Å². The lowest BCUT2D eigenvalue weighted by atomic mass is 10.2. The van der Waals surface area contributed by atoms with Crippen LogP contribution in [0.3, 0.4) is 0 Å². The molecular formula is C8H7F2NO2. The van der Waals surface area contributed by atoms with Crippen LogP contribution in [0.4, 0.5) is 8.78 Å². The molecule has 1 heterocycles. The number of hydrogen-bond acceptors (Lipinski definition) is 2. The average molecular weight is 187 g/mol. The van der Waals surface area contributed by atoms with Gasteiger partial charge in [-0.15, -0.1) is 0 Å². The van der Waals surface area contributed by atoms with Crippen molar-refractivity contribution in [2.24, 2.45) is 0 Å². The van der Waals surface area contributed by atoms with Gasteiger partial charge in [0.25, 0.3) is 0 Å². The van der Waals surface area contributed by atoms with Gasteiger partial charge in [0.15, 0.2) is 0 Å². The maximum atomic E-state index is 11.9. The molecular weight excluding hydrogens is 180 g/mol. The molecule has 0 bridgehead atoms. The Labute approximate surface area is 73.0 Å². The van der Waals surface area contributed by atoms with Crippen molar-refractivity contribution in [2.75, 3.05) is 0 Å². The molecule has 1 rings (SSSR count). The van der Waals surface area contributed by atoms with E-state index in [0.717, 1.165) is 0 Å². The SMILES string of the molecule is O=C(O)c1cccc(CC(F)F)n1. The van der Waals surface area contributed by atoms with Gasteiger partial charge in [0, 0.05) is 5.69 Å². The Morgan fingerprint density at radius 1 is 1.54 bits per heavy atom. The molecule has 0 aliphatic heterocycles. The number of rotatable bonds is 3. The van der Waals surface area contributed by atoms with Crippen molar-refractivity contribution in [1.82, 2.24) is 4.98 Å². The molecule has 0 saturated carbocycles. The van der Waals surface area contributed by atoms with Crippen molar-refractivity contribution in [3.63, 3.8) is 0 Å². The Balaban J connectivity index is 2.85. The van der Waals surface area contributed by atoms with Gasteiger partial charge in [-0.25, -0.2) is 18.6 Å². The van der Waals surface area contributed by atoms with Crippen molar-refractivity contribution in [3.8, 4) is 0 Å². The van der Waals surface area contributed by atoms with Crippen LogP contribution in [0.2, 0.25) is 0 Å². The summed E-state index contributed by atoms with van der Waals surface area (Å²) in [6, 6.07) is 4.03. The first-order chi connectivity index (χ1) is 6.09. The molecule has 0 aliphatic carbocycles. The highest BCUT2D eigenvalue weighted by Gasteiger charge is 2.08. The summed E-state index contributed by atoms with van der Waals surface area (Å²) in [6.45, 7) is 0. The number of halogens is 2. The van der Waals surface area contributed by atoms with Gasteiger partial charge >= 0.3 is 5.97 Å². The van der Waals surface area contributed by atoms with Crippen LogP contribution in [0.5, 0.6) is 0 Å². The minimum Gasteiger partial charge on any atom is -0.477 e. The van der Waals surface area contributed by atoms with E-state index in [1.165, 1.54) is 18.2 Å². The summed E-state index contributed by atoms with van der Waals surface area (Å²) in [5.41, 5.74) is -0.118. The Morgan fingerprint density at radius 2 is 2.23 bits per heavy atom. The highest BCUT2D eigenvalue weighted by molar-refractivity contribution is 5.85. The maximum absolute atomic E-state index is 11.9. The van der Waals surface area contributed by atoms with Crippen LogP contribution in [0, 0.1) is 0 Å². The van der Waals surface area contributed by atoms with E-state index in [1.54, 1.807) is 0 Å². The molecule has 1 aromatic rings. The zero-order valence-electron chi connectivity index (χ0n) is 6.58. The molecule has 1 N–H and O–H groups in total. The number of aromatic nitrogens is 1. The molecule has 13 heavy (non-hydrogen) atoms. The third-order valence-electron chi connectivity index (χ3n) is 1.39. The summed E-state index contributed by atoms with van der Waals surface area (Å²) in [6.07, 6.45) is -3.02. The van der Waals surface area contributed by atoms with E-state index in [0.29, 0.717) is 0 Å². The van der Waals surface area contributed by atoms with E-state index in [-0.39, 0.29) is 11.4 Å². The molecule has 0 atom stereocenters. The fourth-order valence-corrected chi connectivity index (χ4v) is 0.870. The third kappa shape index (κ3) is 2.77. The van der Waals surface area contributed by atoms with Crippen LogP contribution in [-0.2, 0) is 6.42 Å². The second-order valence-electron chi connectivity index (χ2n) is 2.41. The molecule has 0 aromatic carbocycles. The zero-order chi connectivity index (χ0) is 9.84. The number of pyridine rings is 1. The van der Waals surface area contributed by atoms with E-state index in [9.17, 15) is 13.6 Å². The Bertz CT molecular complexity index is 315. The summed E-state index contributed by atoms with van der Waals surface area (Å²) in [5, 5.41) is 8.49. The van der Waals surface area contributed by atoms with E-state index in [1.807, 2.05) is 0 Å². The summed E-state index contributed by atoms with van der Waals surface area (Å²) >= 11 is 0. The minimum atomic E-state index is -2.50. The number of carboxylic acids is 1. The number of nitrogens with zero attached hydrogens (tertiary/aromatic N) is 1. The maximum Gasteiger partial charge on any atom is 0.354 e. The highest BCUT2D eigenvalue weighted by Crippen LogP contribution is 2.05. The van der Waals surface area contributed by atoms with Gasteiger partial charge in [-0.2, -0.15) is 0 Å². The molecule has 0 saturated heterocycles. The fourth-order valence-electron chi connectivity index (χ4n) is 0.870. The average Bonchev–Trinajstić information content (AvgIpc) is 2.03. The molecule has 0 aliphatic rings. The molecule has 0 unspecified atom stereocenters. The van der Waals surface area contributed by atoms with Gasteiger partial charge in [-0.05, 0) is 12.1 Å². The van der Waals surface area contributed by atoms with Crippen LogP contribution in [0.1, 0.15) is 16.2 Å². The minimum absolute atomic E-state index is 0.0925. The van der Waals surface area contributed by atoms with Gasteiger partial charge in [0.05, 0.1) is 6.42 Å². The molecule has 70 valence electrons. The number of carboxylic acid groups (broad SMARTS) is 1. The second-order valence-corrected chi connectivity index (χ2v) is 2.41. The van der Waals surface area contributed by atoms with Gasteiger partial charge < -0.3 is 5.11 Å². The lowest BCUT2D eigenvalue weighted by molar-refractivity contribution is 0.0689. The number of alkyl halides is 2. The Morgan fingerprint density at radius 3 is 2.77 bits per heavy atom. The number of aromatic carboxylic acids is 1. The normalized spacial score (nSPS) is 10.4. The first-order valence-electron chi connectivity index (χ1n) is 3.57. The predicted octanol–water partition coefficient (Wildman–Crippen LogP) is 1.59. The topological polar surface area (TPSA) is 50.2 Å². The van der Waals surface area contributed by atoms with Crippen LogP contribution in [-0.4, -0.2) is 22.5 Å². The molecule has 0 amide bonds. The quantitative estimate of drug-likeness (QED) is 0.781. The molecule has 1 aromatic heterocycles. The molecule has 0 radical (unpaired) electrons. The van der Waals surface area contributed by atoms with Gasteiger partial charge in [0.1, 0.15) is 5.69 Å². The van der Waals surface area contributed by atoms with Crippen molar-refractivity contribution in [1.29, 1.82) is 0 Å². The summed E-state index contributed by atoms with van der Waals surface area (Å²) in [5.74, 6) is -1.21. The predicted molar refractivity (Wildman–Crippen MR) is 40.9 cm³/mol. The largest absolute Gasteiger partial charge is 0.477 e. The number of hydrogen-bond donors (Lipinski definition) is 1. The monoisotopic (exact) mass is 187 g/mol. The Kier molecular flexibility index (Phi) is 2.89. The van der Waals surface area contributed by atoms with Crippen LogP contribution in [0.25, 0.3) is 0 Å². The first-order valence-corrected chi connectivity index (χ1v) is 3.57. The van der Waals surface area contributed by atoms with E-state index in [2.05, 4.69) is 4.98 Å². The van der Waals surface area contributed by atoms with Crippen molar-refractivity contribution < 1.29 is 18.7 Å². The Hall–Kier alpha value is -1.52. The first kappa shape index (κ1) is 9.57. The van der Waals surface area contributed by atoms with Crippen LogP contribution < -0.4 is 0 Å². The van der Waals surface area contributed by atoms with Crippen molar-refractivity contribution in [2.45, 2.75) is 12.8 Å².